The number of aliphatic hydroxyl groups is 1. The standard InChI is InChI=1S/C9H10N2O4/c12-7(8(13)14)11-9(15)10-6-4-2-1-3-5-6/h1-5,7,12H,(H,13,14)(H2,10,11,15). The predicted molar refractivity (Wildman–Crippen MR) is 52.2 cm³/mol. The molecular weight excluding hydrogens is 200 g/mol. The van der Waals surface area contributed by atoms with E-state index in [2.05, 4.69) is 5.32 Å². The lowest BCUT2D eigenvalue weighted by Crippen LogP contribution is -2.42. The van der Waals surface area contributed by atoms with Crippen molar-refractivity contribution < 1.29 is 19.8 Å². The van der Waals surface area contributed by atoms with Gasteiger partial charge in [-0.3, -0.25) is 0 Å². The number of urea groups is 1. The Hall–Kier alpha value is -2.08. The first kappa shape index (κ1) is 11.0. The first-order valence-electron chi connectivity index (χ1n) is 4.13. The van der Waals surface area contributed by atoms with E-state index in [4.69, 9.17) is 10.2 Å². The Labute approximate surface area is 85.5 Å². The number of carbonyl (C=O) groups is 2. The van der Waals surface area contributed by atoms with Crippen LogP contribution in [-0.4, -0.2) is 28.4 Å². The smallest absolute Gasteiger partial charge is 0.353 e. The number of benzene rings is 1. The van der Waals surface area contributed by atoms with Crippen molar-refractivity contribution in [2.45, 2.75) is 6.23 Å². The van der Waals surface area contributed by atoms with Crippen LogP contribution in [0.15, 0.2) is 30.3 Å². The summed E-state index contributed by atoms with van der Waals surface area (Å²) in [6.07, 6.45) is -1.91. The molecule has 0 saturated carbocycles. The molecule has 0 aliphatic heterocycles. The van der Waals surface area contributed by atoms with Crippen LogP contribution in [0.25, 0.3) is 0 Å². The topological polar surface area (TPSA) is 98.7 Å². The van der Waals surface area contributed by atoms with Gasteiger partial charge in [0.1, 0.15) is 0 Å². The molecule has 15 heavy (non-hydrogen) atoms. The van der Waals surface area contributed by atoms with Crippen LogP contribution in [0.3, 0.4) is 0 Å². The van der Waals surface area contributed by atoms with Gasteiger partial charge in [0, 0.05) is 5.69 Å². The maximum Gasteiger partial charge on any atom is 0.353 e. The Morgan fingerprint density at radius 2 is 1.80 bits per heavy atom. The number of amides is 2. The zero-order valence-electron chi connectivity index (χ0n) is 7.68. The van der Waals surface area contributed by atoms with Gasteiger partial charge in [-0.15, -0.1) is 0 Å². The second kappa shape index (κ2) is 4.97. The molecular formula is C9H10N2O4. The van der Waals surface area contributed by atoms with Gasteiger partial charge in [0.2, 0.25) is 6.23 Å². The average Bonchev–Trinajstić information content (AvgIpc) is 2.18. The van der Waals surface area contributed by atoms with Gasteiger partial charge in [-0.2, -0.15) is 0 Å². The van der Waals surface area contributed by atoms with Crippen molar-refractivity contribution in [1.29, 1.82) is 0 Å². The summed E-state index contributed by atoms with van der Waals surface area (Å²) in [6.45, 7) is 0. The molecule has 6 nitrogen and oxygen atoms in total. The minimum absolute atomic E-state index is 0.507. The third-order valence-electron chi connectivity index (χ3n) is 1.53. The maximum absolute atomic E-state index is 11.1. The zero-order chi connectivity index (χ0) is 11.3. The van der Waals surface area contributed by atoms with Crippen LogP contribution < -0.4 is 10.6 Å². The second-order valence-corrected chi connectivity index (χ2v) is 2.71. The van der Waals surface area contributed by atoms with Crippen molar-refractivity contribution in [2.75, 3.05) is 5.32 Å². The molecule has 0 aliphatic rings. The van der Waals surface area contributed by atoms with Crippen molar-refractivity contribution in [2.24, 2.45) is 0 Å². The van der Waals surface area contributed by atoms with Gasteiger partial charge < -0.3 is 20.8 Å². The van der Waals surface area contributed by atoms with Gasteiger partial charge in [-0.1, -0.05) is 18.2 Å². The highest BCUT2D eigenvalue weighted by atomic mass is 16.4. The largest absolute Gasteiger partial charge is 0.478 e. The Bertz CT molecular complexity index is 352. The van der Waals surface area contributed by atoms with E-state index in [1.54, 1.807) is 30.3 Å². The van der Waals surface area contributed by atoms with Crippen LogP contribution in [0.5, 0.6) is 0 Å². The number of aliphatic hydroxyl groups excluding tert-OH is 1. The number of hydrogen-bond donors (Lipinski definition) is 4. The molecule has 1 aromatic rings. The Morgan fingerprint density at radius 1 is 1.20 bits per heavy atom. The molecule has 0 bridgehead atoms. The molecule has 4 N–H and O–H groups in total. The summed E-state index contributed by atoms with van der Waals surface area (Å²) in [5.74, 6) is -1.52. The van der Waals surface area contributed by atoms with E-state index in [0.717, 1.165) is 0 Å². The lowest BCUT2D eigenvalue weighted by Gasteiger charge is -2.09. The van der Waals surface area contributed by atoms with Crippen molar-refractivity contribution in [3.63, 3.8) is 0 Å². The van der Waals surface area contributed by atoms with E-state index in [0.29, 0.717) is 5.69 Å². The summed E-state index contributed by atoms with van der Waals surface area (Å²) in [5, 5.41) is 21.3. The van der Waals surface area contributed by atoms with Crippen LogP contribution >= 0.6 is 0 Å². The van der Waals surface area contributed by atoms with Gasteiger partial charge in [0.25, 0.3) is 0 Å². The summed E-state index contributed by atoms with van der Waals surface area (Å²) in [5.41, 5.74) is 0.507. The van der Waals surface area contributed by atoms with Gasteiger partial charge in [-0.05, 0) is 12.1 Å². The first-order chi connectivity index (χ1) is 7.09. The van der Waals surface area contributed by atoms with E-state index in [1.807, 2.05) is 5.32 Å². The number of carbonyl (C=O) groups excluding carboxylic acids is 1. The van der Waals surface area contributed by atoms with Crippen molar-refractivity contribution >= 4 is 17.7 Å². The fourth-order valence-corrected chi connectivity index (χ4v) is 0.875. The summed E-state index contributed by atoms with van der Waals surface area (Å²) in [6, 6.07) is 7.68. The quantitative estimate of drug-likeness (QED) is 0.536. The second-order valence-electron chi connectivity index (χ2n) is 2.71. The minimum atomic E-state index is -1.91. The Balaban J connectivity index is 2.47. The summed E-state index contributed by atoms with van der Waals surface area (Å²) < 4.78 is 0. The average molecular weight is 210 g/mol. The molecule has 0 spiro atoms. The third kappa shape index (κ3) is 3.65. The number of carboxylic acid groups (broad SMARTS) is 1. The molecule has 0 radical (unpaired) electrons. The fraction of sp³-hybridized carbons (Fsp3) is 0.111. The highest BCUT2D eigenvalue weighted by Gasteiger charge is 2.15. The number of carboxylic acids is 1. The van der Waals surface area contributed by atoms with Crippen molar-refractivity contribution in [3.05, 3.63) is 30.3 Å². The van der Waals surface area contributed by atoms with Gasteiger partial charge in [0.05, 0.1) is 0 Å². The molecule has 6 heteroatoms. The fourth-order valence-electron chi connectivity index (χ4n) is 0.875. The van der Waals surface area contributed by atoms with Crippen molar-refractivity contribution in [1.82, 2.24) is 5.32 Å². The molecule has 1 atom stereocenters. The molecule has 80 valence electrons. The number of hydrogen-bond acceptors (Lipinski definition) is 3. The number of rotatable bonds is 3. The highest BCUT2D eigenvalue weighted by molar-refractivity contribution is 5.91. The summed E-state index contributed by atoms with van der Waals surface area (Å²) >= 11 is 0. The normalized spacial score (nSPS) is 11.5. The number of anilines is 1. The maximum atomic E-state index is 11.1. The van der Waals surface area contributed by atoms with Gasteiger partial charge in [0.15, 0.2) is 0 Å². The van der Waals surface area contributed by atoms with E-state index in [1.165, 1.54) is 0 Å². The van der Waals surface area contributed by atoms with Crippen LogP contribution in [0.2, 0.25) is 0 Å². The van der Waals surface area contributed by atoms with E-state index in [9.17, 15) is 9.59 Å². The number of para-hydroxylation sites is 1. The predicted octanol–water partition coefficient (Wildman–Crippen LogP) is 0.211. The molecule has 1 rings (SSSR count). The number of aliphatic carboxylic acids is 1. The minimum Gasteiger partial charge on any atom is -0.478 e. The molecule has 0 aromatic heterocycles. The van der Waals surface area contributed by atoms with Gasteiger partial charge >= 0.3 is 12.0 Å². The van der Waals surface area contributed by atoms with E-state index >= 15 is 0 Å². The van der Waals surface area contributed by atoms with Crippen LogP contribution in [-0.2, 0) is 4.79 Å². The van der Waals surface area contributed by atoms with E-state index in [-0.39, 0.29) is 0 Å². The monoisotopic (exact) mass is 210 g/mol. The van der Waals surface area contributed by atoms with Crippen LogP contribution in [0.1, 0.15) is 0 Å². The lowest BCUT2D eigenvalue weighted by molar-refractivity contribution is -0.147. The number of nitrogens with one attached hydrogen (secondary N) is 2. The highest BCUT2D eigenvalue weighted by Crippen LogP contribution is 2.04. The summed E-state index contributed by atoms with van der Waals surface area (Å²) in [4.78, 5) is 21.3. The first-order valence-corrected chi connectivity index (χ1v) is 4.13. The molecule has 1 unspecified atom stereocenters. The SMILES string of the molecule is O=C(Nc1ccccc1)NC(O)C(=O)O. The third-order valence-corrected chi connectivity index (χ3v) is 1.53. The molecule has 0 aliphatic carbocycles. The molecule has 0 heterocycles. The molecule has 0 fully saturated rings. The lowest BCUT2D eigenvalue weighted by atomic mass is 10.3. The molecule has 1 aromatic carbocycles. The Kier molecular flexibility index (Phi) is 3.64. The summed E-state index contributed by atoms with van der Waals surface area (Å²) in [7, 11) is 0. The van der Waals surface area contributed by atoms with Gasteiger partial charge in [-0.25, -0.2) is 9.59 Å². The molecule has 2 amide bonds. The van der Waals surface area contributed by atoms with Crippen LogP contribution in [0.4, 0.5) is 10.5 Å². The Morgan fingerprint density at radius 3 is 2.33 bits per heavy atom. The van der Waals surface area contributed by atoms with E-state index < -0.39 is 18.2 Å². The van der Waals surface area contributed by atoms with Crippen molar-refractivity contribution in [3.8, 4) is 0 Å². The zero-order valence-corrected chi connectivity index (χ0v) is 7.68. The van der Waals surface area contributed by atoms with Crippen LogP contribution in [0, 0.1) is 0 Å². The molecule has 0 saturated heterocycles.